The van der Waals surface area contributed by atoms with E-state index in [2.05, 4.69) is 5.32 Å². The Kier molecular flexibility index (Phi) is 9.12. The van der Waals surface area contributed by atoms with Crippen LogP contribution in [-0.2, 0) is 37.9 Å². The fraction of sp³-hybridized carbons (Fsp3) is 0.269. The summed E-state index contributed by atoms with van der Waals surface area (Å²) in [5, 5.41) is 3.63. The van der Waals surface area contributed by atoms with E-state index in [4.69, 9.17) is 23.2 Å². The van der Waals surface area contributed by atoms with Gasteiger partial charge in [-0.05, 0) is 72.5 Å². The number of amides is 1. The Labute approximate surface area is 233 Å². The average molecular weight is 597 g/mol. The number of halogens is 2. The lowest BCUT2D eigenvalue weighted by Crippen LogP contribution is -2.40. The Hall–Kier alpha value is -2.47. The highest BCUT2D eigenvalue weighted by molar-refractivity contribution is 7.89. The molecule has 38 heavy (non-hydrogen) atoms. The lowest BCUT2D eigenvalue weighted by atomic mass is 10.2. The summed E-state index contributed by atoms with van der Waals surface area (Å²) in [6.07, 6.45) is 1.71. The van der Waals surface area contributed by atoms with E-state index in [0.717, 1.165) is 17.1 Å². The minimum Gasteiger partial charge on any atom is -0.351 e. The molecule has 0 saturated carbocycles. The van der Waals surface area contributed by atoms with Gasteiger partial charge in [-0.15, -0.1) is 0 Å². The molecule has 1 fully saturated rings. The maximum Gasteiger partial charge on any atom is 0.243 e. The van der Waals surface area contributed by atoms with Gasteiger partial charge < -0.3 is 5.32 Å². The zero-order chi connectivity index (χ0) is 27.3. The van der Waals surface area contributed by atoms with Gasteiger partial charge in [-0.3, -0.25) is 4.79 Å². The average Bonchev–Trinajstić information content (AvgIpc) is 3.45. The Morgan fingerprint density at radius 1 is 0.763 bits per heavy atom. The van der Waals surface area contributed by atoms with Gasteiger partial charge >= 0.3 is 0 Å². The van der Waals surface area contributed by atoms with Crippen LogP contribution < -0.4 is 5.32 Å². The summed E-state index contributed by atoms with van der Waals surface area (Å²) in [4.78, 5) is 13.1. The van der Waals surface area contributed by atoms with Gasteiger partial charge in [-0.1, -0.05) is 47.5 Å². The summed E-state index contributed by atoms with van der Waals surface area (Å²) in [7, 11) is -7.55. The van der Waals surface area contributed by atoms with Crippen LogP contribution in [0, 0.1) is 0 Å². The van der Waals surface area contributed by atoms with E-state index in [-0.39, 0.29) is 22.9 Å². The van der Waals surface area contributed by atoms with Gasteiger partial charge in [0.05, 0.1) is 16.3 Å². The van der Waals surface area contributed by atoms with Crippen molar-refractivity contribution in [3.63, 3.8) is 0 Å². The number of sulfonamides is 2. The Morgan fingerprint density at radius 2 is 1.26 bits per heavy atom. The predicted octanol–water partition coefficient (Wildman–Crippen LogP) is 4.29. The van der Waals surface area contributed by atoms with Crippen LogP contribution in [0.2, 0.25) is 10.0 Å². The molecule has 1 heterocycles. The van der Waals surface area contributed by atoms with Gasteiger partial charge in [-0.25, -0.2) is 16.8 Å². The van der Waals surface area contributed by atoms with Crippen LogP contribution in [0.1, 0.15) is 24.0 Å². The van der Waals surface area contributed by atoms with E-state index in [0.29, 0.717) is 34.3 Å². The first kappa shape index (κ1) is 28.5. The molecule has 1 aliphatic heterocycles. The molecule has 1 aliphatic rings. The Bertz CT molecular complexity index is 1470. The molecule has 0 bridgehead atoms. The van der Waals surface area contributed by atoms with Gasteiger partial charge in [-0.2, -0.15) is 8.61 Å². The minimum absolute atomic E-state index is 0.0125. The molecule has 3 aromatic carbocycles. The Balaban J connectivity index is 1.45. The largest absolute Gasteiger partial charge is 0.351 e. The molecule has 0 aromatic heterocycles. The number of nitrogens with one attached hydrogen (secondary N) is 1. The molecule has 4 rings (SSSR count). The van der Waals surface area contributed by atoms with Crippen LogP contribution in [0.15, 0.2) is 82.6 Å². The molecule has 0 atom stereocenters. The second-order valence-electron chi connectivity index (χ2n) is 8.89. The lowest BCUT2D eigenvalue weighted by molar-refractivity contribution is -0.121. The number of rotatable bonds is 10. The summed E-state index contributed by atoms with van der Waals surface area (Å²) < 4.78 is 54.7. The molecule has 1 N–H and O–H groups in total. The minimum atomic E-state index is -4.02. The van der Waals surface area contributed by atoms with Crippen LogP contribution in [-0.4, -0.2) is 51.0 Å². The third-order valence-corrected chi connectivity index (χ3v) is 10.4. The van der Waals surface area contributed by atoms with Gasteiger partial charge in [0.25, 0.3) is 0 Å². The van der Waals surface area contributed by atoms with Crippen molar-refractivity contribution in [1.29, 1.82) is 0 Å². The van der Waals surface area contributed by atoms with Crippen LogP contribution in [0.25, 0.3) is 0 Å². The maximum atomic E-state index is 13.4. The molecular weight excluding hydrogens is 569 g/mol. The molecule has 1 saturated heterocycles. The van der Waals surface area contributed by atoms with Crippen molar-refractivity contribution in [1.82, 2.24) is 13.9 Å². The molecule has 8 nitrogen and oxygen atoms in total. The first-order valence-corrected chi connectivity index (χ1v) is 15.6. The molecule has 3 aromatic rings. The first-order chi connectivity index (χ1) is 18.1. The highest BCUT2D eigenvalue weighted by Gasteiger charge is 2.28. The zero-order valence-electron chi connectivity index (χ0n) is 20.4. The molecule has 0 radical (unpaired) electrons. The maximum absolute atomic E-state index is 13.4. The number of nitrogens with zero attached hydrogens (tertiary/aromatic N) is 2. The molecule has 0 aliphatic carbocycles. The van der Waals surface area contributed by atoms with Crippen LogP contribution >= 0.6 is 23.2 Å². The van der Waals surface area contributed by atoms with Gasteiger partial charge in [0.2, 0.25) is 26.0 Å². The second-order valence-corrected chi connectivity index (χ2v) is 13.6. The van der Waals surface area contributed by atoms with E-state index in [1.807, 2.05) is 0 Å². The van der Waals surface area contributed by atoms with E-state index in [1.54, 1.807) is 36.4 Å². The molecule has 0 spiro atoms. The number of benzene rings is 3. The molecule has 0 unspecified atom stereocenters. The monoisotopic (exact) mass is 595 g/mol. The van der Waals surface area contributed by atoms with Crippen molar-refractivity contribution < 1.29 is 21.6 Å². The van der Waals surface area contributed by atoms with E-state index >= 15 is 0 Å². The van der Waals surface area contributed by atoms with E-state index < -0.39 is 32.5 Å². The molecule has 12 heteroatoms. The van der Waals surface area contributed by atoms with Gasteiger partial charge in [0.1, 0.15) is 0 Å². The lowest BCUT2D eigenvalue weighted by Gasteiger charge is -2.22. The summed E-state index contributed by atoms with van der Waals surface area (Å²) in [6, 6.07) is 18.7. The van der Waals surface area contributed by atoms with Gasteiger partial charge in [0.15, 0.2) is 0 Å². The highest BCUT2D eigenvalue weighted by atomic mass is 35.5. The summed E-state index contributed by atoms with van der Waals surface area (Å²) >= 11 is 11.9. The second kappa shape index (κ2) is 12.1. The van der Waals surface area contributed by atoms with E-state index in [1.165, 1.54) is 40.7 Å². The smallest absolute Gasteiger partial charge is 0.243 e. The van der Waals surface area contributed by atoms with Crippen LogP contribution in [0.5, 0.6) is 0 Å². The fourth-order valence-corrected chi connectivity index (χ4v) is 7.20. The standard InChI is InChI=1S/C26H27Cl2N3O5S2/c27-22-7-3-21(4-8-22)18-31(38(35,36)25-13-9-23(28)10-14-25)19-26(32)29-17-20-5-11-24(12-6-20)37(33,34)30-15-1-2-16-30/h3-14H,1-2,15-19H2,(H,29,32). The van der Waals surface area contributed by atoms with Gasteiger partial charge in [0, 0.05) is 36.2 Å². The first-order valence-electron chi connectivity index (χ1n) is 11.9. The SMILES string of the molecule is O=C(CN(Cc1ccc(Cl)cc1)S(=O)(=O)c1ccc(Cl)cc1)NCc1ccc(S(=O)(=O)N2CCCC2)cc1. The number of carbonyl (C=O) groups is 1. The van der Waals surface area contributed by atoms with Crippen molar-refractivity contribution in [2.75, 3.05) is 19.6 Å². The number of carbonyl (C=O) groups excluding carboxylic acids is 1. The highest BCUT2D eigenvalue weighted by Crippen LogP contribution is 2.22. The molecule has 1 amide bonds. The summed E-state index contributed by atoms with van der Waals surface area (Å²) in [6.45, 7) is 0.684. The molecular formula is C26H27Cl2N3O5S2. The van der Waals surface area contributed by atoms with Crippen molar-refractivity contribution in [3.05, 3.63) is 94.0 Å². The van der Waals surface area contributed by atoms with Crippen molar-refractivity contribution in [2.24, 2.45) is 0 Å². The summed E-state index contributed by atoms with van der Waals surface area (Å²) in [5.74, 6) is -0.509. The topological polar surface area (TPSA) is 104 Å². The summed E-state index contributed by atoms with van der Waals surface area (Å²) in [5.41, 5.74) is 1.35. The number of hydrogen-bond donors (Lipinski definition) is 1. The van der Waals surface area contributed by atoms with E-state index in [9.17, 15) is 21.6 Å². The normalized spacial score (nSPS) is 14.6. The van der Waals surface area contributed by atoms with Crippen molar-refractivity contribution in [3.8, 4) is 0 Å². The van der Waals surface area contributed by atoms with Crippen LogP contribution in [0.3, 0.4) is 0 Å². The van der Waals surface area contributed by atoms with Crippen molar-refractivity contribution >= 4 is 49.2 Å². The van der Waals surface area contributed by atoms with Crippen LogP contribution in [0.4, 0.5) is 0 Å². The molecule has 202 valence electrons. The number of hydrogen-bond acceptors (Lipinski definition) is 5. The third kappa shape index (κ3) is 6.93. The third-order valence-electron chi connectivity index (χ3n) is 6.16. The predicted molar refractivity (Wildman–Crippen MR) is 147 cm³/mol. The quantitative estimate of drug-likeness (QED) is 0.376. The Morgan fingerprint density at radius 3 is 1.84 bits per heavy atom. The zero-order valence-corrected chi connectivity index (χ0v) is 23.5. The van der Waals surface area contributed by atoms with Crippen molar-refractivity contribution in [2.45, 2.75) is 35.7 Å². The fourth-order valence-electron chi connectivity index (χ4n) is 4.05.